The lowest BCUT2D eigenvalue weighted by Crippen LogP contribution is -2.29. The number of fused-ring (bicyclic) bond motifs is 2. The molecule has 2 saturated carbocycles. The van der Waals surface area contributed by atoms with Crippen molar-refractivity contribution in [3.05, 3.63) is 22.4 Å². The summed E-state index contributed by atoms with van der Waals surface area (Å²) in [6, 6.07) is 3.19. The van der Waals surface area contributed by atoms with Gasteiger partial charge in [0.2, 0.25) is 0 Å². The Morgan fingerprint density at radius 3 is 2.79 bits per heavy atom. The summed E-state index contributed by atoms with van der Waals surface area (Å²) in [7, 11) is 2.06. The lowest BCUT2D eigenvalue weighted by Gasteiger charge is -2.29. The number of benzene rings is 1. The third-order valence-electron chi connectivity index (χ3n) is 4.87. The molecule has 3 unspecified atom stereocenters. The van der Waals surface area contributed by atoms with Gasteiger partial charge in [-0.25, -0.2) is 4.39 Å². The molecule has 1 aromatic carbocycles. The maximum Gasteiger partial charge on any atom is 0.139 e. The van der Waals surface area contributed by atoms with Gasteiger partial charge < -0.3 is 10.6 Å². The first-order valence-electron chi connectivity index (χ1n) is 7.00. The van der Waals surface area contributed by atoms with Gasteiger partial charge in [0.25, 0.3) is 0 Å². The van der Waals surface area contributed by atoms with E-state index in [1.54, 1.807) is 6.07 Å². The second-order valence-electron chi connectivity index (χ2n) is 6.14. The second kappa shape index (κ2) is 4.97. The molecule has 2 fully saturated rings. The second-order valence-corrected chi connectivity index (χ2v) is 6.99. The molecule has 19 heavy (non-hydrogen) atoms. The lowest BCUT2D eigenvalue weighted by molar-refractivity contribution is 0.337. The average Bonchev–Trinajstić information content (AvgIpc) is 2.95. The zero-order valence-electron chi connectivity index (χ0n) is 11.2. The van der Waals surface area contributed by atoms with Gasteiger partial charge in [-0.1, -0.05) is 6.42 Å². The molecule has 2 aliphatic carbocycles. The first-order valence-corrected chi connectivity index (χ1v) is 7.79. The van der Waals surface area contributed by atoms with Crippen LogP contribution in [0.15, 0.2) is 16.6 Å². The van der Waals surface area contributed by atoms with Gasteiger partial charge in [-0.2, -0.15) is 0 Å². The fourth-order valence-electron chi connectivity index (χ4n) is 3.93. The van der Waals surface area contributed by atoms with Crippen molar-refractivity contribution in [3.63, 3.8) is 0 Å². The molecule has 1 aromatic rings. The van der Waals surface area contributed by atoms with Crippen molar-refractivity contribution in [1.82, 2.24) is 0 Å². The Kier molecular flexibility index (Phi) is 3.46. The van der Waals surface area contributed by atoms with E-state index >= 15 is 0 Å². The molecule has 0 aliphatic heterocycles. The minimum atomic E-state index is -0.297. The van der Waals surface area contributed by atoms with E-state index in [1.165, 1.54) is 31.7 Å². The van der Waals surface area contributed by atoms with E-state index in [1.807, 2.05) is 0 Å². The Labute approximate surface area is 122 Å². The molecular formula is C15H20BrFN2. The van der Waals surface area contributed by atoms with Crippen LogP contribution in [-0.2, 0) is 0 Å². The van der Waals surface area contributed by atoms with Crippen LogP contribution in [0.4, 0.5) is 15.8 Å². The summed E-state index contributed by atoms with van der Waals surface area (Å²) in [5.41, 5.74) is 7.39. The van der Waals surface area contributed by atoms with Crippen molar-refractivity contribution in [1.29, 1.82) is 0 Å². The van der Waals surface area contributed by atoms with Gasteiger partial charge in [0, 0.05) is 19.7 Å². The zero-order chi connectivity index (χ0) is 13.6. The number of rotatable bonds is 3. The molecule has 0 amide bonds. The van der Waals surface area contributed by atoms with Crippen molar-refractivity contribution < 1.29 is 4.39 Å². The van der Waals surface area contributed by atoms with Gasteiger partial charge in [0.1, 0.15) is 5.82 Å². The fourth-order valence-corrected chi connectivity index (χ4v) is 4.26. The highest BCUT2D eigenvalue weighted by atomic mass is 79.9. The van der Waals surface area contributed by atoms with Crippen molar-refractivity contribution >= 4 is 27.3 Å². The van der Waals surface area contributed by atoms with E-state index < -0.39 is 0 Å². The van der Waals surface area contributed by atoms with Crippen LogP contribution in [0.25, 0.3) is 0 Å². The molecule has 2 N–H and O–H groups in total. The number of hydrogen-bond acceptors (Lipinski definition) is 2. The molecule has 0 radical (unpaired) electrons. The Hall–Kier alpha value is -0.770. The molecule has 3 rings (SSSR count). The average molecular weight is 327 g/mol. The summed E-state index contributed by atoms with van der Waals surface area (Å²) in [5.74, 6) is 2.35. The van der Waals surface area contributed by atoms with Crippen LogP contribution in [0, 0.1) is 23.6 Å². The van der Waals surface area contributed by atoms with Crippen LogP contribution in [0.1, 0.15) is 25.7 Å². The molecule has 0 spiro atoms. The summed E-state index contributed by atoms with van der Waals surface area (Å²) in [5, 5.41) is 0. The standard InChI is InChI=1S/C15H20BrFN2/c1-19(8-11-5-9-2-3-10(11)4-9)15-6-12(16)13(17)7-14(15)18/h6-7,9-11H,2-5,8,18H2,1H3. The van der Waals surface area contributed by atoms with Crippen molar-refractivity contribution in [2.75, 3.05) is 24.2 Å². The smallest absolute Gasteiger partial charge is 0.139 e. The summed E-state index contributed by atoms with van der Waals surface area (Å²) in [4.78, 5) is 2.19. The predicted octanol–water partition coefficient (Wildman–Crippen LogP) is 4.04. The predicted molar refractivity (Wildman–Crippen MR) is 80.7 cm³/mol. The van der Waals surface area contributed by atoms with Crippen LogP contribution in [0.5, 0.6) is 0 Å². The first kappa shape index (κ1) is 13.2. The van der Waals surface area contributed by atoms with Gasteiger partial charge in [-0.15, -0.1) is 0 Å². The molecule has 0 saturated heterocycles. The highest BCUT2D eigenvalue weighted by Gasteiger charge is 2.39. The van der Waals surface area contributed by atoms with Gasteiger partial charge in [0.15, 0.2) is 0 Å². The normalized spacial score (nSPS) is 28.9. The van der Waals surface area contributed by atoms with E-state index in [-0.39, 0.29) is 5.82 Å². The first-order chi connectivity index (χ1) is 9.04. The molecule has 2 bridgehead atoms. The number of nitrogens with zero attached hydrogens (tertiary/aromatic N) is 1. The van der Waals surface area contributed by atoms with E-state index in [2.05, 4.69) is 27.9 Å². The van der Waals surface area contributed by atoms with E-state index in [0.29, 0.717) is 10.2 Å². The molecule has 2 nitrogen and oxygen atoms in total. The quantitative estimate of drug-likeness (QED) is 0.849. The van der Waals surface area contributed by atoms with Crippen LogP contribution < -0.4 is 10.6 Å². The van der Waals surface area contributed by atoms with Crippen LogP contribution >= 0.6 is 15.9 Å². The summed E-state index contributed by atoms with van der Waals surface area (Å²) in [6.07, 6.45) is 5.60. The molecule has 0 heterocycles. The molecule has 3 atom stereocenters. The molecule has 0 aromatic heterocycles. The maximum atomic E-state index is 13.4. The SMILES string of the molecule is CN(CC1CC2CCC1C2)c1cc(Br)c(F)cc1N. The Bertz CT molecular complexity index is 491. The topological polar surface area (TPSA) is 29.3 Å². The van der Waals surface area contributed by atoms with Gasteiger partial charge in [-0.05, 0) is 59.0 Å². The van der Waals surface area contributed by atoms with Gasteiger partial charge in [0.05, 0.1) is 15.8 Å². The zero-order valence-corrected chi connectivity index (χ0v) is 12.8. The summed E-state index contributed by atoms with van der Waals surface area (Å²) < 4.78 is 13.9. The number of hydrogen-bond donors (Lipinski definition) is 1. The Morgan fingerprint density at radius 2 is 2.16 bits per heavy atom. The monoisotopic (exact) mass is 326 g/mol. The van der Waals surface area contributed by atoms with Gasteiger partial charge in [-0.3, -0.25) is 0 Å². The highest BCUT2D eigenvalue weighted by Crippen LogP contribution is 2.48. The summed E-state index contributed by atoms with van der Waals surface area (Å²) in [6.45, 7) is 1.03. The largest absolute Gasteiger partial charge is 0.397 e. The number of nitrogen functional groups attached to an aromatic ring is 1. The van der Waals surface area contributed by atoms with E-state index in [0.717, 1.165) is 30.0 Å². The number of nitrogens with two attached hydrogens (primary N) is 1. The Morgan fingerprint density at radius 1 is 1.37 bits per heavy atom. The minimum Gasteiger partial charge on any atom is -0.397 e. The highest BCUT2D eigenvalue weighted by molar-refractivity contribution is 9.10. The van der Waals surface area contributed by atoms with E-state index in [9.17, 15) is 4.39 Å². The number of halogens is 2. The van der Waals surface area contributed by atoms with Crippen LogP contribution in [0.2, 0.25) is 0 Å². The van der Waals surface area contributed by atoms with Crippen molar-refractivity contribution in [2.45, 2.75) is 25.7 Å². The van der Waals surface area contributed by atoms with Crippen molar-refractivity contribution in [3.8, 4) is 0 Å². The van der Waals surface area contributed by atoms with Crippen LogP contribution in [0.3, 0.4) is 0 Å². The molecular weight excluding hydrogens is 307 g/mol. The molecule has 4 heteroatoms. The molecule has 104 valence electrons. The van der Waals surface area contributed by atoms with Crippen LogP contribution in [-0.4, -0.2) is 13.6 Å². The maximum absolute atomic E-state index is 13.4. The number of anilines is 2. The lowest BCUT2D eigenvalue weighted by atomic mass is 9.88. The van der Waals surface area contributed by atoms with Crippen molar-refractivity contribution in [2.24, 2.45) is 17.8 Å². The fraction of sp³-hybridized carbons (Fsp3) is 0.600. The third-order valence-corrected chi connectivity index (χ3v) is 5.48. The minimum absolute atomic E-state index is 0.297. The van der Waals surface area contributed by atoms with E-state index in [4.69, 9.17) is 5.73 Å². The van der Waals surface area contributed by atoms with Gasteiger partial charge >= 0.3 is 0 Å². The third kappa shape index (κ3) is 2.47. The Balaban J connectivity index is 1.73. The summed E-state index contributed by atoms with van der Waals surface area (Å²) >= 11 is 3.24. The molecule has 2 aliphatic rings.